The Bertz CT molecular complexity index is 385. The Morgan fingerprint density at radius 1 is 1.60 bits per heavy atom. The summed E-state index contributed by atoms with van der Waals surface area (Å²) >= 11 is 0. The molecule has 4 heteroatoms. The molecule has 0 aliphatic carbocycles. The second-order valence-electron chi connectivity index (χ2n) is 2.96. The maximum absolute atomic E-state index is 12.7. The van der Waals surface area contributed by atoms with Crippen LogP contribution in [0, 0.1) is 12.7 Å². The molecule has 1 aromatic rings. The van der Waals surface area contributed by atoms with Crippen molar-refractivity contribution >= 4 is 5.97 Å². The number of aryl methyl sites for hydroxylation is 1. The summed E-state index contributed by atoms with van der Waals surface area (Å²) in [6, 6.07) is 4.17. The average Bonchev–Trinajstić information content (AvgIpc) is 2.14. The third kappa shape index (κ3) is 3.81. The van der Waals surface area contributed by atoms with Gasteiger partial charge in [-0.2, -0.15) is 0 Å². The van der Waals surface area contributed by atoms with Crippen LogP contribution in [0.2, 0.25) is 0 Å². The van der Waals surface area contributed by atoms with Gasteiger partial charge in [-0.05, 0) is 36.8 Å². The summed E-state index contributed by atoms with van der Waals surface area (Å²) in [7, 11) is 0. The van der Waals surface area contributed by atoms with E-state index in [1.807, 2.05) is 0 Å². The molecule has 0 aliphatic rings. The molecule has 3 nitrogen and oxygen atoms in total. The van der Waals surface area contributed by atoms with Crippen LogP contribution in [0.5, 0.6) is 5.75 Å². The number of rotatable bonds is 4. The van der Waals surface area contributed by atoms with Gasteiger partial charge >= 0.3 is 5.97 Å². The minimum absolute atomic E-state index is 0.152. The molecular weight excluding hydrogens is 199 g/mol. The average molecular weight is 210 g/mol. The zero-order chi connectivity index (χ0) is 11.3. The first kappa shape index (κ1) is 11.2. The normalized spacial score (nSPS) is 10.5. The van der Waals surface area contributed by atoms with Crippen LogP contribution in [0.1, 0.15) is 5.56 Å². The van der Waals surface area contributed by atoms with E-state index in [0.717, 1.165) is 6.08 Å². The van der Waals surface area contributed by atoms with Gasteiger partial charge in [-0.25, -0.2) is 9.18 Å². The number of ether oxygens (including phenoxy) is 1. The molecular formula is C11H11FO3. The molecule has 0 radical (unpaired) electrons. The molecule has 0 heterocycles. The van der Waals surface area contributed by atoms with Crippen molar-refractivity contribution in [2.75, 3.05) is 6.61 Å². The monoisotopic (exact) mass is 210 g/mol. The maximum Gasteiger partial charge on any atom is 0.328 e. The first-order valence-corrected chi connectivity index (χ1v) is 4.38. The predicted molar refractivity (Wildman–Crippen MR) is 53.4 cm³/mol. The summed E-state index contributed by atoms with van der Waals surface area (Å²) in [4.78, 5) is 10.1. The van der Waals surface area contributed by atoms with E-state index in [0.29, 0.717) is 11.3 Å². The molecule has 0 atom stereocenters. The molecule has 15 heavy (non-hydrogen) atoms. The van der Waals surface area contributed by atoms with Gasteiger partial charge in [0.05, 0.1) is 0 Å². The van der Waals surface area contributed by atoms with Crippen molar-refractivity contribution in [1.82, 2.24) is 0 Å². The number of benzene rings is 1. The lowest BCUT2D eigenvalue weighted by molar-refractivity contribution is -0.131. The first-order valence-electron chi connectivity index (χ1n) is 4.38. The Kier molecular flexibility index (Phi) is 3.85. The Hall–Kier alpha value is -1.84. The lowest BCUT2D eigenvalue weighted by atomic mass is 10.2. The van der Waals surface area contributed by atoms with Gasteiger partial charge in [0.15, 0.2) is 0 Å². The van der Waals surface area contributed by atoms with Gasteiger partial charge in [-0.3, -0.25) is 0 Å². The summed E-state index contributed by atoms with van der Waals surface area (Å²) in [5.41, 5.74) is 0.679. The maximum atomic E-state index is 12.7. The van der Waals surface area contributed by atoms with Crippen LogP contribution in [-0.4, -0.2) is 17.7 Å². The number of carboxylic acid groups (broad SMARTS) is 1. The molecule has 1 N–H and O–H groups in total. The zero-order valence-corrected chi connectivity index (χ0v) is 8.24. The minimum atomic E-state index is -1.02. The number of halogens is 1. The first-order chi connectivity index (χ1) is 7.09. The standard InChI is InChI=1S/C11H11FO3/c1-8-7-9(12)4-5-10(8)15-6-2-3-11(13)14/h2-5,7H,6H2,1H3,(H,13,14)/b3-2+. The van der Waals surface area contributed by atoms with E-state index in [4.69, 9.17) is 9.84 Å². The third-order valence-corrected chi connectivity index (χ3v) is 1.73. The van der Waals surface area contributed by atoms with Crippen LogP contribution in [0.25, 0.3) is 0 Å². The topological polar surface area (TPSA) is 46.5 Å². The molecule has 0 amide bonds. The lowest BCUT2D eigenvalue weighted by Gasteiger charge is -2.06. The Labute approximate surface area is 86.8 Å². The fourth-order valence-corrected chi connectivity index (χ4v) is 1.06. The molecule has 1 aromatic carbocycles. The van der Waals surface area contributed by atoms with Crippen molar-refractivity contribution in [3.8, 4) is 5.75 Å². The SMILES string of the molecule is Cc1cc(F)ccc1OC/C=C/C(=O)O. The highest BCUT2D eigenvalue weighted by atomic mass is 19.1. The van der Waals surface area contributed by atoms with E-state index >= 15 is 0 Å². The second kappa shape index (κ2) is 5.14. The summed E-state index contributed by atoms with van der Waals surface area (Å²) in [5, 5.41) is 8.31. The Balaban J connectivity index is 2.54. The van der Waals surface area contributed by atoms with E-state index in [9.17, 15) is 9.18 Å². The molecule has 1 rings (SSSR count). The predicted octanol–water partition coefficient (Wildman–Crippen LogP) is 2.15. The van der Waals surface area contributed by atoms with Crippen LogP contribution in [0.3, 0.4) is 0 Å². The van der Waals surface area contributed by atoms with Crippen LogP contribution in [-0.2, 0) is 4.79 Å². The van der Waals surface area contributed by atoms with Crippen LogP contribution < -0.4 is 4.74 Å². The minimum Gasteiger partial charge on any atom is -0.489 e. The number of carbonyl (C=O) groups is 1. The van der Waals surface area contributed by atoms with Crippen LogP contribution >= 0.6 is 0 Å². The Morgan fingerprint density at radius 3 is 2.93 bits per heavy atom. The molecule has 0 bridgehead atoms. The third-order valence-electron chi connectivity index (χ3n) is 1.73. The summed E-state index contributed by atoms with van der Waals surface area (Å²) < 4.78 is 17.9. The zero-order valence-electron chi connectivity index (χ0n) is 8.24. The number of hydrogen-bond acceptors (Lipinski definition) is 2. The van der Waals surface area contributed by atoms with Crippen molar-refractivity contribution in [1.29, 1.82) is 0 Å². The number of hydrogen-bond donors (Lipinski definition) is 1. The molecule has 0 aromatic heterocycles. The van der Waals surface area contributed by atoms with Crippen molar-refractivity contribution in [2.45, 2.75) is 6.92 Å². The highest BCUT2D eigenvalue weighted by Crippen LogP contribution is 2.18. The summed E-state index contributed by atoms with van der Waals surface area (Å²) in [6.07, 6.45) is 2.38. The van der Waals surface area contributed by atoms with E-state index < -0.39 is 5.97 Å². The fraction of sp³-hybridized carbons (Fsp3) is 0.182. The van der Waals surface area contributed by atoms with E-state index in [2.05, 4.69) is 0 Å². The van der Waals surface area contributed by atoms with Gasteiger partial charge < -0.3 is 9.84 Å². The van der Waals surface area contributed by atoms with Gasteiger partial charge in [-0.1, -0.05) is 0 Å². The van der Waals surface area contributed by atoms with Gasteiger partial charge in [-0.15, -0.1) is 0 Å². The van der Waals surface area contributed by atoms with Gasteiger partial charge in [0, 0.05) is 6.08 Å². The summed E-state index contributed by atoms with van der Waals surface area (Å²) in [5.74, 6) is -0.790. The number of carboxylic acids is 1. The highest BCUT2D eigenvalue weighted by molar-refractivity contribution is 5.79. The van der Waals surface area contributed by atoms with Crippen molar-refractivity contribution < 1.29 is 19.0 Å². The molecule has 0 fully saturated rings. The largest absolute Gasteiger partial charge is 0.489 e. The van der Waals surface area contributed by atoms with Crippen molar-refractivity contribution in [3.05, 3.63) is 41.7 Å². The Morgan fingerprint density at radius 2 is 2.33 bits per heavy atom. The van der Waals surface area contributed by atoms with E-state index in [-0.39, 0.29) is 12.4 Å². The highest BCUT2D eigenvalue weighted by Gasteiger charge is 1.99. The van der Waals surface area contributed by atoms with Crippen LogP contribution in [0.4, 0.5) is 4.39 Å². The second-order valence-corrected chi connectivity index (χ2v) is 2.96. The quantitative estimate of drug-likeness (QED) is 0.774. The molecule has 0 aliphatic heterocycles. The molecule has 0 saturated heterocycles. The van der Waals surface area contributed by atoms with Crippen molar-refractivity contribution in [3.63, 3.8) is 0 Å². The molecule has 0 saturated carbocycles. The summed E-state index contributed by atoms with van der Waals surface area (Å²) in [6.45, 7) is 1.87. The van der Waals surface area contributed by atoms with Crippen molar-refractivity contribution in [2.24, 2.45) is 0 Å². The van der Waals surface area contributed by atoms with Crippen LogP contribution in [0.15, 0.2) is 30.4 Å². The number of aliphatic carboxylic acids is 1. The lowest BCUT2D eigenvalue weighted by Crippen LogP contribution is -1.97. The smallest absolute Gasteiger partial charge is 0.328 e. The van der Waals surface area contributed by atoms with Gasteiger partial charge in [0.25, 0.3) is 0 Å². The van der Waals surface area contributed by atoms with E-state index in [1.165, 1.54) is 24.3 Å². The van der Waals surface area contributed by atoms with Gasteiger partial charge in [0.2, 0.25) is 0 Å². The molecule has 80 valence electrons. The fourth-order valence-electron chi connectivity index (χ4n) is 1.06. The molecule has 0 unspecified atom stereocenters. The van der Waals surface area contributed by atoms with Gasteiger partial charge in [0.1, 0.15) is 18.2 Å². The van der Waals surface area contributed by atoms with E-state index in [1.54, 1.807) is 6.92 Å². The molecule has 0 spiro atoms.